The molecule has 0 aliphatic carbocycles. The summed E-state index contributed by atoms with van der Waals surface area (Å²) >= 11 is 6.73. The number of alkyl halides is 1. The van der Waals surface area contributed by atoms with Gasteiger partial charge in [-0.1, -0.05) is 34.6 Å². The molecule has 0 nitrogen and oxygen atoms in total. The summed E-state index contributed by atoms with van der Waals surface area (Å²) in [6.45, 7) is 11.2. The van der Waals surface area contributed by atoms with Gasteiger partial charge >= 0.3 is 0 Å². The standard InChI is InChI=1S/C12H25Cl/c1-6-11(7-2,8-3)12(13,9-4)10-5/h6-10H2,1-5H3. The van der Waals surface area contributed by atoms with Crippen LogP contribution in [0, 0.1) is 5.41 Å². The van der Waals surface area contributed by atoms with Crippen LogP contribution in [0.25, 0.3) is 0 Å². The molecular formula is C12H25Cl. The highest BCUT2D eigenvalue weighted by Crippen LogP contribution is 2.49. The van der Waals surface area contributed by atoms with Crippen LogP contribution < -0.4 is 0 Å². The van der Waals surface area contributed by atoms with Gasteiger partial charge in [0.25, 0.3) is 0 Å². The van der Waals surface area contributed by atoms with Crippen molar-refractivity contribution in [3.05, 3.63) is 0 Å². The van der Waals surface area contributed by atoms with Gasteiger partial charge in [-0.05, 0) is 37.5 Å². The zero-order chi connectivity index (χ0) is 10.5. The summed E-state index contributed by atoms with van der Waals surface area (Å²) in [4.78, 5) is 0.0191. The Hall–Kier alpha value is 0.290. The van der Waals surface area contributed by atoms with Gasteiger partial charge in [0.1, 0.15) is 0 Å². The highest BCUT2D eigenvalue weighted by Gasteiger charge is 2.43. The molecule has 0 N–H and O–H groups in total. The molecule has 0 rings (SSSR count). The Kier molecular flexibility index (Phi) is 5.36. The molecule has 0 saturated heterocycles. The fraction of sp³-hybridized carbons (Fsp3) is 1.00. The van der Waals surface area contributed by atoms with Gasteiger partial charge in [0.05, 0.1) is 0 Å². The van der Waals surface area contributed by atoms with Gasteiger partial charge in [0.2, 0.25) is 0 Å². The minimum atomic E-state index is 0.0191. The van der Waals surface area contributed by atoms with Gasteiger partial charge < -0.3 is 0 Å². The maximum absolute atomic E-state index is 6.73. The molecule has 0 spiro atoms. The first kappa shape index (κ1) is 13.3. The van der Waals surface area contributed by atoms with Crippen molar-refractivity contribution in [2.75, 3.05) is 0 Å². The number of halogens is 1. The van der Waals surface area contributed by atoms with Crippen LogP contribution in [0.2, 0.25) is 0 Å². The predicted octanol–water partition coefficient (Wildman–Crippen LogP) is 5.00. The van der Waals surface area contributed by atoms with E-state index in [1.165, 1.54) is 19.3 Å². The lowest BCUT2D eigenvalue weighted by atomic mass is 9.66. The van der Waals surface area contributed by atoms with E-state index in [1.54, 1.807) is 0 Å². The highest BCUT2D eigenvalue weighted by atomic mass is 35.5. The minimum Gasteiger partial charge on any atom is -0.119 e. The van der Waals surface area contributed by atoms with Crippen LogP contribution in [0.15, 0.2) is 0 Å². The average molecular weight is 205 g/mol. The Labute approximate surface area is 89.1 Å². The fourth-order valence-corrected chi connectivity index (χ4v) is 3.10. The first-order chi connectivity index (χ1) is 6.05. The molecule has 0 bridgehead atoms. The molecule has 0 aromatic heterocycles. The molecule has 0 saturated carbocycles. The maximum atomic E-state index is 6.73. The first-order valence-electron chi connectivity index (χ1n) is 5.74. The molecular weight excluding hydrogens is 180 g/mol. The van der Waals surface area contributed by atoms with Crippen molar-refractivity contribution >= 4 is 11.6 Å². The van der Waals surface area contributed by atoms with Crippen LogP contribution >= 0.6 is 11.6 Å². The van der Waals surface area contributed by atoms with Crippen LogP contribution in [0.3, 0.4) is 0 Å². The SMILES string of the molecule is CCC(Cl)(CC)C(CC)(CC)CC. The Morgan fingerprint density at radius 1 is 0.692 bits per heavy atom. The summed E-state index contributed by atoms with van der Waals surface area (Å²) in [7, 11) is 0. The number of hydrogen-bond donors (Lipinski definition) is 0. The largest absolute Gasteiger partial charge is 0.119 e. The van der Waals surface area contributed by atoms with Crippen LogP contribution in [0.5, 0.6) is 0 Å². The van der Waals surface area contributed by atoms with E-state index in [0.717, 1.165) is 12.8 Å². The zero-order valence-corrected chi connectivity index (χ0v) is 10.7. The van der Waals surface area contributed by atoms with Gasteiger partial charge in [-0.25, -0.2) is 0 Å². The van der Waals surface area contributed by atoms with E-state index in [2.05, 4.69) is 34.6 Å². The number of rotatable bonds is 6. The predicted molar refractivity (Wildman–Crippen MR) is 62.5 cm³/mol. The smallest absolute Gasteiger partial charge is 0.0497 e. The molecule has 0 aromatic rings. The molecule has 0 fully saturated rings. The van der Waals surface area contributed by atoms with E-state index < -0.39 is 0 Å². The van der Waals surface area contributed by atoms with E-state index in [-0.39, 0.29) is 4.87 Å². The molecule has 0 aliphatic heterocycles. The third-order valence-electron chi connectivity index (χ3n) is 4.10. The summed E-state index contributed by atoms with van der Waals surface area (Å²) in [5.41, 5.74) is 0.345. The lowest BCUT2D eigenvalue weighted by molar-refractivity contribution is 0.150. The normalized spacial score (nSPS) is 13.4. The van der Waals surface area contributed by atoms with Gasteiger partial charge in [-0.3, -0.25) is 0 Å². The summed E-state index contributed by atoms with van der Waals surface area (Å²) in [6, 6.07) is 0. The van der Waals surface area contributed by atoms with Crippen LogP contribution in [-0.2, 0) is 0 Å². The second-order valence-corrected chi connectivity index (χ2v) is 4.74. The molecule has 0 aliphatic rings. The molecule has 0 heterocycles. The van der Waals surface area contributed by atoms with Gasteiger partial charge in [0, 0.05) is 4.87 Å². The van der Waals surface area contributed by atoms with E-state index in [9.17, 15) is 0 Å². The molecule has 80 valence electrons. The summed E-state index contributed by atoms with van der Waals surface area (Å²) < 4.78 is 0. The second kappa shape index (κ2) is 5.24. The third-order valence-corrected chi connectivity index (χ3v) is 5.04. The quantitative estimate of drug-likeness (QED) is 0.535. The van der Waals surface area contributed by atoms with Gasteiger partial charge in [0.15, 0.2) is 0 Å². The summed E-state index contributed by atoms with van der Waals surface area (Å²) in [5.74, 6) is 0. The van der Waals surface area contributed by atoms with E-state index in [1.807, 2.05) is 0 Å². The van der Waals surface area contributed by atoms with E-state index in [0.29, 0.717) is 5.41 Å². The molecule has 0 amide bonds. The third kappa shape index (κ3) is 2.21. The lowest BCUT2D eigenvalue weighted by Gasteiger charge is -2.45. The van der Waals surface area contributed by atoms with Crippen molar-refractivity contribution < 1.29 is 0 Å². The molecule has 0 radical (unpaired) electrons. The van der Waals surface area contributed by atoms with E-state index in [4.69, 9.17) is 11.6 Å². The summed E-state index contributed by atoms with van der Waals surface area (Å²) in [5, 5.41) is 0. The monoisotopic (exact) mass is 204 g/mol. The van der Waals surface area contributed by atoms with Crippen molar-refractivity contribution in [2.24, 2.45) is 5.41 Å². The Balaban J connectivity index is 4.87. The average Bonchev–Trinajstić information content (AvgIpc) is 2.20. The van der Waals surface area contributed by atoms with Crippen LogP contribution in [0.4, 0.5) is 0 Å². The van der Waals surface area contributed by atoms with Crippen molar-refractivity contribution in [1.82, 2.24) is 0 Å². The molecule has 13 heavy (non-hydrogen) atoms. The van der Waals surface area contributed by atoms with Gasteiger partial charge in [-0.2, -0.15) is 0 Å². The molecule has 1 heteroatoms. The zero-order valence-electron chi connectivity index (χ0n) is 9.91. The van der Waals surface area contributed by atoms with Crippen LogP contribution in [0.1, 0.15) is 66.7 Å². The minimum absolute atomic E-state index is 0.0191. The lowest BCUT2D eigenvalue weighted by Crippen LogP contribution is -2.41. The van der Waals surface area contributed by atoms with Crippen molar-refractivity contribution in [3.63, 3.8) is 0 Å². The molecule has 0 atom stereocenters. The van der Waals surface area contributed by atoms with Crippen molar-refractivity contribution in [1.29, 1.82) is 0 Å². The topological polar surface area (TPSA) is 0 Å². The fourth-order valence-electron chi connectivity index (χ4n) is 2.70. The van der Waals surface area contributed by atoms with Crippen LogP contribution in [-0.4, -0.2) is 4.87 Å². The summed E-state index contributed by atoms with van der Waals surface area (Å²) in [6.07, 6.45) is 5.77. The van der Waals surface area contributed by atoms with Crippen molar-refractivity contribution in [2.45, 2.75) is 71.6 Å². The van der Waals surface area contributed by atoms with E-state index >= 15 is 0 Å². The Morgan fingerprint density at radius 2 is 1.00 bits per heavy atom. The maximum Gasteiger partial charge on any atom is 0.0497 e. The second-order valence-electron chi connectivity index (χ2n) is 4.01. The van der Waals surface area contributed by atoms with Gasteiger partial charge in [-0.15, -0.1) is 11.6 Å². The Bertz CT molecular complexity index is 124. The number of hydrogen-bond acceptors (Lipinski definition) is 0. The van der Waals surface area contributed by atoms with Crippen molar-refractivity contribution in [3.8, 4) is 0 Å². The molecule has 0 unspecified atom stereocenters. The molecule has 0 aromatic carbocycles. The highest BCUT2D eigenvalue weighted by molar-refractivity contribution is 6.24. The Morgan fingerprint density at radius 3 is 1.08 bits per heavy atom. The first-order valence-corrected chi connectivity index (χ1v) is 6.12.